The number of esters is 1. The molecule has 0 aromatic rings. The molecule has 2 nitrogen and oxygen atoms in total. The van der Waals surface area contributed by atoms with E-state index in [4.69, 9.17) is 4.74 Å². The Kier molecular flexibility index (Phi) is 0.752. The number of ether oxygens (including phenoxy) is 1. The van der Waals surface area contributed by atoms with E-state index in [0.717, 1.165) is 6.42 Å². The van der Waals surface area contributed by atoms with Gasteiger partial charge in [-0.3, -0.25) is 4.79 Å². The molecule has 1 heterocycles. The number of hydrogen-bond donors (Lipinski definition) is 0. The Bertz CT molecular complexity index is 155. The van der Waals surface area contributed by atoms with Crippen LogP contribution in [0.15, 0.2) is 0 Å². The Morgan fingerprint density at radius 1 is 1.88 bits per heavy atom. The fourth-order valence-electron chi connectivity index (χ4n) is 1.04. The summed E-state index contributed by atoms with van der Waals surface area (Å²) < 4.78 is 4.70. The molecule has 0 aromatic carbocycles. The molecular weight excluding hydrogens is 219 g/mol. The second-order valence-corrected chi connectivity index (χ2v) is 4.29. The molecule has 0 bridgehead atoms. The van der Waals surface area contributed by atoms with Crippen molar-refractivity contribution in [2.45, 2.75) is 9.84 Å². The summed E-state index contributed by atoms with van der Waals surface area (Å²) in [7, 11) is 0. The van der Waals surface area contributed by atoms with Crippen molar-refractivity contribution in [1.82, 2.24) is 0 Å². The van der Waals surface area contributed by atoms with E-state index in [-0.39, 0.29) is 9.39 Å². The molecule has 1 aliphatic carbocycles. The first-order valence-electron chi connectivity index (χ1n) is 2.59. The number of carbonyl (C=O) groups excluding carboxylic acids is 1. The summed E-state index contributed by atoms with van der Waals surface area (Å²) >= 11 is 2.19. The highest BCUT2D eigenvalue weighted by Gasteiger charge is 2.64. The Morgan fingerprint density at radius 3 is 2.75 bits per heavy atom. The summed E-state index contributed by atoms with van der Waals surface area (Å²) in [6.07, 6.45) is 1.05. The van der Waals surface area contributed by atoms with Gasteiger partial charge in [-0.25, -0.2) is 0 Å². The molecular formula is C5H5IO2. The van der Waals surface area contributed by atoms with Crippen LogP contribution in [0.3, 0.4) is 0 Å². The van der Waals surface area contributed by atoms with Gasteiger partial charge in [-0.15, -0.1) is 0 Å². The number of hydrogen-bond acceptors (Lipinski definition) is 2. The van der Waals surface area contributed by atoms with Crippen LogP contribution in [-0.2, 0) is 9.53 Å². The zero-order chi connectivity index (χ0) is 5.78. The minimum atomic E-state index is -0.0717. The van der Waals surface area contributed by atoms with Crippen LogP contribution in [0, 0.1) is 5.92 Å². The number of alkyl halides is 1. The second-order valence-electron chi connectivity index (χ2n) is 2.36. The summed E-state index contributed by atoms with van der Waals surface area (Å²) in [4.78, 5) is 10.7. The van der Waals surface area contributed by atoms with Gasteiger partial charge in [0.15, 0.2) is 0 Å². The Balaban J connectivity index is 2.31. The molecule has 2 rings (SSSR count). The van der Waals surface area contributed by atoms with Crippen molar-refractivity contribution in [3.8, 4) is 0 Å². The second kappa shape index (κ2) is 1.20. The van der Waals surface area contributed by atoms with Crippen LogP contribution in [0.4, 0.5) is 0 Å². The van der Waals surface area contributed by atoms with Crippen LogP contribution in [0.2, 0.25) is 0 Å². The van der Waals surface area contributed by atoms with Gasteiger partial charge in [0, 0.05) is 5.92 Å². The van der Waals surface area contributed by atoms with E-state index in [2.05, 4.69) is 22.6 Å². The van der Waals surface area contributed by atoms with Gasteiger partial charge in [-0.2, -0.15) is 0 Å². The molecule has 2 aliphatic rings. The summed E-state index contributed by atoms with van der Waals surface area (Å²) in [5.41, 5.74) is 0. The predicted molar refractivity (Wildman–Crippen MR) is 35.8 cm³/mol. The highest BCUT2D eigenvalue weighted by molar-refractivity contribution is 14.1. The number of rotatable bonds is 0. The van der Waals surface area contributed by atoms with E-state index in [1.54, 1.807) is 0 Å². The molecule has 44 valence electrons. The van der Waals surface area contributed by atoms with E-state index in [0.29, 0.717) is 12.5 Å². The molecule has 2 fully saturated rings. The maximum absolute atomic E-state index is 10.7. The molecule has 1 saturated carbocycles. The predicted octanol–water partition coefficient (Wildman–Crippen LogP) is 0.737. The van der Waals surface area contributed by atoms with Gasteiger partial charge >= 0.3 is 5.97 Å². The van der Waals surface area contributed by atoms with Crippen molar-refractivity contribution in [2.24, 2.45) is 5.92 Å². The first-order valence-corrected chi connectivity index (χ1v) is 3.67. The van der Waals surface area contributed by atoms with E-state index in [1.165, 1.54) is 0 Å². The average Bonchev–Trinajstić information content (AvgIpc) is 2.31. The summed E-state index contributed by atoms with van der Waals surface area (Å²) in [5.74, 6) is 0.554. The van der Waals surface area contributed by atoms with Crippen molar-refractivity contribution in [3.05, 3.63) is 0 Å². The zero-order valence-electron chi connectivity index (χ0n) is 4.19. The van der Waals surface area contributed by atoms with Crippen molar-refractivity contribution < 1.29 is 9.53 Å². The van der Waals surface area contributed by atoms with E-state index in [1.807, 2.05) is 0 Å². The maximum Gasteiger partial charge on any atom is 0.322 e. The van der Waals surface area contributed by atoms with Gasteiger partial charge in [0.1, 0.15) is 3.42 Å². The quantitative estimate of drug-likeness (QED) is 0.344. The number of fused-ring (bicyclic) bond motifs is 1. The molecule has 8 heavy (non-hydrogen) atoms. The van der Waals surface area contributed by atoms with Gasteiger partial charge in [0.25, 0.3) is 0 Å². The minimum absolute atomic E-state index is 0.00287. The van der Waals surface area contributed by atoms with Gasteiger partial charge in [-0.1, -0.05) is 22.6 Å². The number of carbonyl (C=O) groups is 1. The smallest absolute Gasteiger partial charge is 0.322 e. The Labute approximate surface area is 60.7 Å². The van der Waals surface area contributed by atoms with Crippen molar-refractivity contribution in [1.29, 1.82) is 0 Å². The van der Waals surface area contributed by atoms with Crippen LogP contribution in [0.1, 0.15) is 6.42 Å². The lowest BCUT2D eigenvalue weighted by Crippen LogP contribution is -2.11. The number of halogens is 1. The van der Waals surface area contributed by atoms with Crippen molar-refractivity contribution in [2.75, 3.05) is 6.61 Å². The van der Waals surface area contributed by atoms with Gasteiger partial charge in [0.2, 0.25) is 0 Å². The van der Waals surface area contributed by atoms with Crippen LogP contribution in [0.5, 0.6) is 0 Å². The van der Waals surface area contributed by atoms with Crippen molar-refractivity contribution >= 4 is 28.6 Å². The summed E-state index contributed by atoms with van der Waals surface area (Å²) in [6, 6.07) is 0. The van der Waals surface area contributed by atoms with Crippen LogP contribution in [0.25, 0.3) is 0 Å². The molecule has 1 saturated heterocycles. The molecule has 2 atom stereocenters. The van der Waals surface area contributed by atoms with Gasteiger partial charge < -0.3 is 4.74 Å². The first kappa shape index (κ1) is 5.02. The maximum atomic E-state index is 10.7. The molecule has 0 amide bonds. The molecule has 0 aromatic heterocycles. The highest BCUT2D eigenvalue weighted by Crippen LogP contribution is 2.56. The van der Waals surface area contributed by atoms with E-state index in [9.17, 15) is 4.79 Å². The Hall–Kier alpha value is 0.200. The van der Waals surface area contributed by atoms with E-state index < -0.39 is 0 Å². The number of cyclic esters (lactones) is 1. The topological polar surface area (TPSA) is 26.3 Å². The molecule has 0 radical (unpaired) electrons. The average molecular weight is 224 g/mol. The van der Waals surface area contributed by atoms with Crippen LogP contribution in [-0.4, -0.2) is 16.0 Å². The SMILES string of the molecule is O=C1OCC2CC12I. The third kappa shape index (κ3) is 0.411. The third-order valence-corrected chi connectivity index (χ3v) is 3.55. The monoisotopic (exact) mass is 224 g/mol. The lowest BCUT2D eigenvalue weighted by Gasteiger charge is -1.95. The van der Waals surface area contributed by atoms with Crippen LogP contribution >= 0.6 is 22.6 Å². The van der Waals surface area contributed by atoms with Gasteiger partial charge in [0.05, 0.1) is 6.61 Å². The van der Waals surface area contributed by atoms with Crippen LogP contribution < -0.4 is 0 Å². The largest absolute Gasteiger partial charge is 0.464 e. The van der Waals surface area contributed by atoms with E-state index >= 15 is 0 Å². The first-order chi connectivity index (χ1) is 3.73. The molecule has 1 aliphatic heterocycles. The molecule has 2 unspecified atom stereocenters. The van der Waals surface area contributed by atoms with Gasteiger partial charge in [-0.05, 0) is 6.42 Å². The highest BCUT2D eigenvalue weighted by atomic mass is 127. The fraction of sp³-hybridized carbons (Fsp3) is 0.800. The normalized spacial score (nSPS) is 50.6. The third-order valence-electron chi connectivity index (χ3n) is 1.79. The Morgan fingerprint density at radius 2 is 2.62 bits per heavy atom. The standard InChI is InChI=1S/C5H5IO2/c6-5-1-3(5)2-8-4(5)7/h3H,1-2H2. The van der Waals surface area contributed by atoms with Crippen molar-refractivity contribution in [3.63, 3.8) is 0 Å². The minimum Gasteiger partial charge on any atom is -0.464 e. The molecule has 0 spiro atoms. The fourth-order valence-corrected chi connectivity index (χ4v) is 1.90. The lowest BCUT2D eigenvalue weighted by atomic mass is 10.4. The summed E-state index contributed by atoms with van der Waals surface area (Å²) in [6.45, 7) is 0.668. The lowest BCUT2D eigenvalue weighted by molar-refractivity contribution is -0.139. The zero-order valence-corrected chi connectivity index (χ0v) is 6.34. The summed E-state index contributed by atoms with van der Waals surface area (Å²) in [5, 5.41) is 0. The molecule has 0 N–H and O–H groups in total. The molecule has 3 heteroatoms.